The Balaban J connectivity index is 3.97. The Kier molecular flexibility index (Phi) is 6.22. The zero-order valence-corrected chi connectivity index (χ0v) is 10.3. The molecule has 1 unspecified atom stereocenters. The first-order chi connectivity index (χ1) is 7.53. The number of carboxylic acids is 1. The van der Waals surface area contributed by atoms with E-state index in [2.05, 4.69) is 15.4 Å². The van der Waals surface area contributed by atoms with E-state index in [1.165, 1.54) is 0 Å². The van der Waals surface area contributed by atoms with Gasteiger partial charge in [-0.2, -0.15) is 4.31 Å². The first kappa shape index (κ1) is 16.5. The molecule has 11 heteroatoms. The van der Waals surface area contributed by atoms with Crippen molar-refractivity contribution in [2.24, 2.45) is 0 Å². The number of carbonyl (C=O) groups is 1. The highest BCUT2D eigenvalue weighted by Crippen LogP contribution is 2.57. The van der Waals surface area contributed by atoms with E-state index in [0.29, 0.717) is 0 Å². The van der Waals surface area contributed by atoms with Crippen molar-refractivity contribution in [3.05, 3.63) is 12.2 Å². The van der Waals surface area contributed by atoms with Crippen molar-refractivity contribution >= 4 is 21.6 Å². The van der Waals surface area contributed by atoms with Gasteiger partial charge in [0.05, 0.1) is 6.61 Å². The normalized spacial score (nSPS) is 15.2. The number of aliphatic carboxylic acids is 1. The van der Waals surface area contributed by atoms with Gasteiger partial charge >= 0.3 is 21.6 Å². The second-order valence-corrected chi connectivity index (χ2v) is 5.72. The fourth-order valence-corrected chi connectivity index (χ4v) is 2.35. The molecule has 0 amide bonds. The third kappa shape index (κ3) is 9.20. The Morgan fingerprint density at radius 1 is 1.24 bits per heavy atom. The molecule has 17 heavy (non-hydrogen) atoms. The molecule has 0 aromatic rings. The zero-order chi connectivity index (χ0) is 13.7. The van der Waals surface area contributed by atoms with Gasteiger partial charge in [-0.05, 0) is 12.8 Å². The monoisotopic (exact) mass is 290 g/mol. The van der Waals surface area contributed by atoms with Crippen LogP contribution >= 0.6 is 15.6 Å². The fraction of sp³-hybridized carbons (Fsp3) is 0.500. The molecular formula is C6H12O9P2. The SMILES string of the molecule is C=C(CCCOP(=O)(O)OP(=O)(O)O)C(=O)O. The minimum Gasteiger partial charge on any atom is -0.478 e. The Hall–Kier alpha value is -0.530. The molecule has 0 fully saturated rings. The first-order valence-electron chi connectivity index (χ1n) is 4.19. The van der Waals surface area contributed by atoms with Gasteiger partial charge < -0.3 is 19.8 Å². The van der Waals surface area contributed by atoms with Crippen LogP contribution in [0.1, 0.15) is 12.8 Å². The van der Waals surface area contributed by atoms with Gasteiger partial charge in [0.15, 0.2) is 0 Å². The van der Waals surface area contributed by atoms with Gasteiger partial charge in [0.2, 0.25) is 0 Å². The molecule has 0 aliphatic heterocycles. The standard InChI is InChI=1S/C6H12O9P2/c1-5(6(7)8)3-2-4-14-17(12,13)15-16(9,10)11/h1-4H2,(H,7,8)(H,12,13)(H2,9,10,11). The lowest BCUT2D eigenvalue weighted by Gasteiger charge is -2.12. The Labute approximate surface area is 96.5 Å². The van der Waals surface area contributed by atoms with Crippen LogP contribution in [0.25, 0.3) is 0 Å². The van der Waals surface area contributed by atoms with Crippen molar-refractivity contribution < 1.29 is 42.5 Å². The number of carboxylic acid groups (broad SMARTS) is 1. The molecule has 9 nitrogen and oxygen atoms in total. The predicted octanol–water partition coefficient (Wildman–Crippen LogP) is 0.634. The second-order valence-electron chi connectivity index (χ2n) is 2.89. The zero-order valence-electron chi connectivity index (χ0n) is 8.55. The number of hydrogen-bond donors (Lipinski definition) is 4. The van der Waals surface area contributed by atoms with Gasteiger partial charge in [0, 0.05) is 5.57 Å². The number of phosphoric acid groups is 2. The van der Waals surface area contributed by atoms with Crippen LogP contribution in [0, 0.1) is 0 Å². The molecule has 0 saturated carbocycles. The molecule has 0 aliphatic carbocycles. The van der Waals surface area contributed by atoms with Crippen LogP contribution in [-0.4, -0.2) is 32.4 Å². The summed E-state index contributed by atoms with van der Waals surface area (Å²) in [5.74, 6) is -1.20. The molecule has 0 radical (unpaired) electrons. The van der Waals surface area contributed by atoms with E-state index in [-0.39, 0.29) is 18.4 Å². The highest BCUT2D eigenvalue weighted by atomic mass is 31.3. The Bertz CT molecular complexity index is 383. The van der Waals surface area contributed by atoms with Crippen LogP contribution in [0.4, 0.5) is 0 Å². The van der Waals surface area contributed by atoms with Gasteiger partial charge in [0.1, 0.15) is 0 Å². The van der Waals surface area contributed by atoms with Crippen LogP contribution in [0.2, 0.25) is 0 Å². The minimum absolute atomic E-state index is 0.00520. The van der Waals surface area contributed by atoms with Gasteiger partial charge in [-0.15, -0.1) is 0 Å². The molecule has 0 saturated heterocycles. The van der Waals surface area contributed by atoms with E-state index in [9.17, 15) is 13.9 Å². The van der Waals surface area contributed by atoms with E-state index in [1.807, 2.05) is 0 Å². The van der Waals surface area contributed by atoms with Crippen molar-refractivity contribution in [1.82, 2.24) is 0 Å². The highest BCUT2D eigenvalue weighted by Gasteiger charge is 2.31. The predicted molar refractivity (Wildman–Crippen MR) is 54.9 cm³/mol. The summed E-state index contributed by atoms with van der Waals surface area (Å²) in [4.78, 5) is 35.6. The molecule has 0 aliphatic rings. The number of rotatable bonds is 8. The van der Waals surface area contributed by atoms with E-state index in [1.54, 1.807) is 0 Å². The first-order valence-corrected chi connectivity index (χ1v) is 7.21. The van der Waals surface area contributed by atoms with Gasteiger partial charge in [0.25, 0.3) is 0 Å². The molecule has 0 bridgehead atoms. The summed E-state index contributed by atoms with van der Waals surface area (Å²) in [5.41, 5.74) is -0.114. The van der Waals surface area contributed by atoms with Crippen LogP contribution < -0.4 is 0 Å². The average molecular weight is 290 g/mol. The molecule has 0 spiro atoms. The summed E-state index contributed by atoms with van der Waals surface area (Å²) in [7, 11) is -9.96. The Morgan fingerprint density at radius 2 is 1.76 bits per heavy atom. The summed E-state index contributed by atoms with van der Waals surface area (Å²) in [6, 6.07) is 0. The summed E-state index contributed by atoms with van der Waals surface area (Å²) < 4.78 is 28.8. The van der Waals surface area contributed by atoms with E-state index in [4.69, 9.17) is 19.8 Å². The number of hydrogen-bond acceptors (Lipinski definition) is 5. The van der Waals surface area contributed by atoms with Crippen LogP contribution in [-0.2, 0) is 22.8 Å². The molecule has 0 heterocycles. The molecule has 4 N–H and O–H groups in total. The third-order valence-corrected chi connectivity index (χ3v) is 3.57. The smallest absolute Gasteiger partial charge is 0.478 e. The van der Waals surface area contributed by atoms with Gasteiger partial charge in [-0.25, -0.2) is 13.9 Å². The van der Waals surface area contributed by atoms with Crippen molar-refractivity contribution in [2.45, 2.75) is 12.8 Å². The lowest BCUT2D eigenvalue weighted by Crippen LogP contribution is -2.01. The highest BCUT2D eigenvalue weighted by molar-refractivity contribution is 7.60. The summed E-state index contributed by atoms with van der Waals surface area (Å²) in [6.07, 6.45) is 0.0471. The molecule has 0 aromatic heterocycles. The molecular weight excluding hydrogens is 278 g/mol. The maximum atomic E-state index is 10.9. The third-order valence-electron chi connectivity index (χ3n) is 1.39. The van der Waals surface area contributed by atoms with E-state index >= 15 is 0 Å². The van der Waals surface area contributed by atoms with E-state index in [0.717, 1.165) is 0 Å². The minimum atomic E-state index is -5.12. The molecule has 0 aromatic carbocycles. The summed E-state index contributed by atoms with van der Waals surface area (Å²) >= 11 is 0. The molecule has 1 atom stereocenters. The largest absolute Gasteiger partial charge is 0.481 e. The fourth-order valence-electron chi connectivity index (χ4n) is 0.730. The van der Waals surface area contributed by atoms with Crippen LogP contribution in [0.3, 0.4) is 0 Å². The van der Waals surface area contributed by atoms with Gasteiger partial charge in [-0.1, -0.05) is 6.58 Å². The maximum Gasteiger partial charge on any atom is 0.481 e. The van der Waals surface area contributed by atoms with Crippen molar-refractivity contribution in [2.75, 3.05) is 6.61 Å². The quantitative estimate of drug-likeness (QED) is 0.286. The van der Waals surface area contributed by atoms with Crippen molar-refractivity contribution in [3.63, 3.8) is 0 Å². The van der Waals surface area contributed by atoms with E-state index < -0.39 is 28.2 Å². The topological polar surface area (TPSA) is 151 Å². The van der Waals surface area contributed by atoms with Crippen molar-refractivity contribution in [1.29, 1.82) is 0 Å². The van der Waals surface area contributed by atoms with Crippen LogP contribution in [0.15, 0.2) is 12.2 Å². The lowest BCUT2D eigenvalue weighted by atomic mass is 10.2. The lowest BCUT2D eigenvalue weighted by molar-refractivity contribution is -0.132. The molecule has 0 rings (SSSR count). The van der Waals surface area contributed by atoms with Gasteiger partial charge in [-0.3, -0.25) is 4.52 Å². The maximum absolute atomic E-state index is 10.9. The number of phosphoric ester groups is 1. The van der Waals surface area contributed by atoms with Crippen LogP contribution in [0.5, 0.6) is 0 Å². The average Bonchev–Trinajstić information content (AvgIpc) is 2.07. The second kappa shape index (κ2) is 6.42. The molecule has 100 valence electrons. The van der Waals surface area contributed by atoms with Crippen molar-refractivity contribution in [3.8, 4) is 0 Å². The Morgan fingerprint density at radius 3 is 2.18 bits per heavy atom. The summed E-state index contributed by atoms with van der Waals surface area (Å²) in [6.45, 7) is 2.80. The summed E-state index contributed by atoms with van der Waals surface area (Å²) in [5, 5.41) is 8.42.